The van der Waals surface area contributed by atoms with Crippen LogP contribution in [0.4, 0.5) is 0 Å². The molecule has 0 radical (unpaired) electrons. The van der Waals surface area contributed by atoms with E-state index in [-0.39, 0.29) is 23.0 Å². The molecular formula is C13H15ClN2O3S. The van der Waals surface area contributed by atoms with Gasteiger partial charge >= 0.3 is 0 Å². The summed E-state index contributed by atoms with van der Waals surface area (Å²) in [6.07, 6.45) is 1.50. The fraction of sp³-hybridized carbons (Fsp3) is 0.231. The van der Waals surface area contributed by atoms with Crippen LogP contribution in [0.2, 0.25) is 5.02 Å². The number of benzene rings is 1. The summed E-state index contributed by atoms with van der Waals surface area (Å²) in [6, 6.07) is 8.16. The summed E-state index contributed by atoms with van der Waals surface area (Å²) in [5.74, 6) is 0.558. The predicted molar refractivity (Wildman–Crippen MR) is 76.7 cm³/mol. The van der Waals surface area contributed by atoms with Crippen LogP contribution in [-0.2, 0) is 23.1 Å². The first-order valence-corrected chi connectivity index (χ1v) is 7.74. The zero-order valence-corrected chi connectivity index (χ0v) is 12.5. The molecule has 5 nitrogen and oxygen atoms in total. The molecule has 0 saturated carbocycles. The SMILES string of the molecule is CN(Cc1ccco1)S(=O)(=O)c1cc(CN)ccc1Cl. The molecule has 1 aromatic carbocycles. The van der Waals surface area contributed by atoms with Crippen molar-refractivity contribution in [1.82, 2.24) is 4.31 Å². The molecule has 108 valence electrons. The fourth-order valence-electron chi connectivity index (χ4n) is 1.75. The van der Waals surface area contributed by atoms with E-state index < -0.39 is 10.0 Å². The van der Waals surface area contributed by atoms with E-state index in [1.54, 1.807) is 18.2 Å². The first-order chi connectivity index (χ1) is 9.45. The van der Waals surface area contributed by atoms with Crippen molar-refractivity contribution in [2.45, 2.75) is 18.0 Å². The van der Waals surface area contributed by atoms with Gasteiger partial charge in [0.2, 0.25) is 10.0 Å². The van der Waals surface area contributed by atoms with Crippen molar-refractivity contribution < 1.29 is 12.8 Å². The fourth-order valence-corrected chi connectivity index (χ4v) is 3.41. The van der Waals surface area contributed by atoms with Crippen molar-refractivity contribution in [3.8, 4) is 0 Å². The van der Waals surface area contributed by atoms with Crippen molar-refractivity contribution in [3.63, 3.8) is 0 Å². The second kappa shape index (κ2) is 5.97. The van der Waals surface area contributed by atoms with Gasteiger partial charge in [-0.05, 0) is 29.8 Å². The van der Waals surface area contributed by atoms with E-state index in [0.717, 1.165) is 0 Å². The summed E-state index contributed by atoms with van der Waals surface area (Å²) < 4.78 is 31.4. The number of furan rings is 1. The molecule has 0 bridgehead atoms. The Labute approximate surface area is 123 Å². The Bertz CT molecular complexity index is 684. The van der Waals surface area contributed by atoms with E-state index in [0.29, 0.717) is 11.3 Å². The first-order valence-electron chi connectivity index (χ1n) is 5.92. The van der Waals surface area contributed by atoms with E-state index in [9.17, 15) is 8.42 Å². The molecule has 20 heavy (non-hydrogen) atoms. The van der Waals surface area contributed by atoms with Crippen molar-refractivity contribution >= 4 is 21.6 Å². The van der Waals surface area contributed by atoms with E-state index in [2.05, 4.69) is 0 Å². The number of sulfonamides is 1. The lowest BCUT2D eigenvalue weighted by molar-refractivity contribution is 0.406. The molecule has 0 spiro atoms. The highest BCUT2D eigenvalue weighted by Gasteiger charge is 2.24. The third kappa shape index (κ3) is 3.04. The summed E-state index contributed by atoms with van der Waals surface area (Å²) in [5, 5.41) is 0.175. The van der Waals surface area contributed by atoms with Gasteiger partial charge in [-0.1, -0.05) is 17.7 Å². The minimum Gasteiger partial charge on any atom is -0.468 e. The summed E-state index contributed by atoms with van der Waals surface area (Å²) >= 11 is 5.99. The molecule has 2 aromatic rings. The van der Waals surface area contributed by atoms with Crippen LogP contribution >= 0.6 is 11.6 Å². The van der Waals surface area contributed by atoms with Gasteiger partial charge in [-0.15, -0.1) is 0 Å². The van der Waals surface area contributed by atoms with Crippen molar-refractivity contribution in [2.75, 3.05) is 7.05 Å². The third-order valence-corrected chi connectivity index (χ3v) is 5.16. The molecule has 0 aliphatic carbocycles. The van der Waals surface area contributed by atoms with Crippen LogP contribution in [0, 0.1) is 0 Å². The van der Waals surface area contributed by atoms with Gasteiger partial charge in [-0.25, -0.2) is 8.42 Å². The average Bonchev–Trinajstić information content (AvgIpc) is 2.92. The van der Waals surface area contributed by atoms with Gasteiger partial charge in [0.1, 0.15) is 10.7 Å². The molecule has 0 amide bonds. The number of nitrogens with zero attached hydrogens (tertiary/aromatic N) is 1. The highest BCUT2D eigenvalue weighted by Crippen LogP contribution is 2.26. The number of halogens is 1. The van der Waals surface area contributed by atoms with Crippen LogP contribution in [0.5, 0.6) is 0 Å². The van der Waals surface area contributed by atoms with Crippen molar-refractivity contribution in [2.24, 2.45) is 5.73 Å². The van der Waals surface area contributed by atoms with Gasteiger partial charge in [0.15, 0.2) is 0 Å². The number of hydrogen-bond acceptors (Lipinski definition) is 4. The normalized spacial score (nSPS) is 12.0. The molecule has 0 aliphatic rings. The van der Waals surface area contributed by atoms with Crippen LogP contribution < -0.4 is 5.73 Å². The molecule has 7 heteroatoms. The lowest BCUT2D eigenvalue weighted by Crippen LogP contribution is -2.26. The average molecular weight is 315 g/mol. The second-order valence-electron chi connectivity index (χ2n) is 4.31. The van der Waals surface area contributed by atoms with Gasteiger partial charge < -0.3 is 10.2 Å². The Morgan fingerprint density at radius 2 is 2.10 bits per heavy atom. The van der Waals surface area contributed by atoms with E-state index >= 15 is 0 Å². The highest BCUT2D eigenvalue weighted by molar-refractivity contribution is 7.89. The third-order valence-electron chi connectivity index (χ3n) is 2.88. The quantitative estimate of drug-likeness (QED) is 0.918. The summed E-state index contributed by atoms with van der Waals surface area (Å²) in [6.45, 7) is 0.389. The number of nitrogens with two attached hydrogens (primary N) is 1. The Kier molecular flexibility index (Phi) is 4.49. The summed E-state index contributed by atoms with van der Waals surface area (Å²) in [5.41, 5.74) is 6.24. The summed E-state index contributed by atoms with van der Waals surface area (Å²) in [4.78, 5) is 0.0520. The number of rotatable bonds is 5. The standard InChI is InChI=1S/C13H15ClN2O3S/c1-16(9-11-3-2-6-19-11)20(17,18)13-7-10(8-15)4-5-12(13)14/h2-7H,8-9,15H2,1H3. The van der Waals surface area contributed by atoms with E-state index in [1.165, 1.54) is 29.7 Å². The van der Waals surface area contributed by atoms with Crippen LogP contribution in [-0.4, -0.2) is 19.8 Å². The van der Waals surface area contributed by atoms with Gasteiger partial charge in [0.05, 0.1) is 17.8 Å². The van der Waals surface area contributed by atoms with E-state index in [1.807, 2.05) is 0 Å². The minimum atomic E-state index is -3.69. The molecule has 0 unspecified atom stereocenters. The molecule has 0 atom stereocenters. The molecule has 0 saturated heterocycles. The lowest BCUT2D eigenvalue weighted by Gasteiger charge is -2.17. The van der Waals surface area contributed by atoms with Crippen LogP contribution in [0.3, 0.4) is 0 Å². The van der Waals surface area contributed by atoms with Gasteiger partial charge in [0, 0.05) is 13.6 Å². The zero-order valence-electron chi connectivity index (χ0n) is 10.9. The molecular weight excluding hydrogens is 300 g/mol. The maximum absolute atomic E-state index is 12.5. The van der Waals surface area contributed by atoms with Crippen LogP contribution in [0.25, 0.3) is 0 Å². The van der Waals surface area contributed by atoms with E-state index in [4.69, 9.17) is 21.8 Å². The monoisotopic (exact) mass is 314 g/mol. The van der Waals surface area contributed by atoms with Crippen molar-refractivity contribution in [3.05, 3.63) is 52.9 Å². The van der Waals surface area contributed by atoms with Gasteiger partial charge in [-0.2, -0.15) is 4.31 Å². The molecule has 1 aromatic heterocycles. The maximum atomic E-state index is 12.5. The molecule has 2 N–H and O–H groups in total. The topological polar surface area (TPSA) is 76.5 Å². The van der Waals surface area contributed by atoms with Crippen LogP contribution in [0.1, 0.15) is 11.3 Å². The molecule has 1 heterocycles. The number of hydrogen-bond donors (Lipinski definition) is 1. The Morgan fingerprint density at radius 1 is 1.35 bits per heavy atom. The Morgan fingerprint density at radius 3 is 2.70 bits per heavy atom. The Balaban J connectivity index is 2.34. The first kappa shape index (κ1) is 15.1. The minimum absolute atomic E-state index is 0.0520. The summed E-state index contributed by atoms with van der Waals surface area (Å²) in [7, 11) is -2.22. The van der Waals surface area contributed by atoms with Gasteiger partial charge in [-0.3, -0.25) is 0 Å². The highest BCUT2D eigenvalue weighted by atomic mass is 35.5. The van der Waals surface area contributed by atoms with Crippen molar-refractivity contribution in [1.29, 1.82) is 0 Å². The lowest BCUT2D eigenvalue weighted by atomic mass is 10.2. The maximum Gasteiger partial charge on any atom is 0.244 e. The van der Waals surface area contributed by atoms with Crippen LogP contribution in [0.15, 0.2) is 45.9 Å². The van der Waals surface area contributed by atoms with Gasteiger partial charge in [0.25, 0.3) is 0 Å². The molecule has 2 rings (SSSR count). The Hall–Kier alpha value is -1.34. The smallest absolute Gasteiger partial charge is 0.244 e. The second-order valence-corrected chi connectivity index (χ2v) is 6.73. The zero-order chi connectivity index (χ0) is 14.8. The largest absolute Gasteiger partial charge is 0.468 e. The predicted octanol–water partition coefficient (Wildman–Crippen LogP) is 2.21. The molecule has 0 fully saturated rings. The molecule has 0 aliphatic heterocycles.